The number of aromatic nitrogens is 3. The van der Waals surface area contributed by atoms with Crippen molar-refractivity contribution >= 4 is 43.9 Å². The second kappa shape index (κ2) is 15.0. The van der Waals surface area contributed by atoms with Gasteiger partial charge in [0.05, 0.1) is 42.5 Å². The number of alkyl halides is 1. The molecule has 0 aliphatic carbocycles. The van der Waals surface area contributed by atoms with Crippen LogP contribution in [0, 0.1) is 5.82 Å². The molecule has 0 spiro atoms. The molecule has 0 bridgehead atoms. The van der Waals surface area contributed by atoms with Crippen LogP contribution in [0.1, 0.15) is 20.3 Å². The van der Waals surface area contributed by atoms with Crippen molar-refractivity contribution in [2.75, 3.05) is 73.0 Å². The minimum absolute atomic E-state index is 0.156. The van der Waals surface area contributed by atoms with Crippen molar-refractivity contribution in [2.24, 2.45) is 0 Å². The number of nitrogens with two attached hydrogens (primary N) is 2. The number of fused-ring (bicyclic) bond motifs is 1. The second-order valence-electron chi connectivity index (χ2n) is 9.81. The van der Waals surface area contributed by atoms with E-state index in [4.69, 9.17) is 25.9 Å². The van der Waals surface area contributed by atoms with Crippen LogP contribution in [0.4, 0.5) is 31.8 Å². The lowest BCUT2D eigenvalue weighted by Gasteiger charge is -2.30. The molecule has 0 saturated carbocycles. The number of nitrogens with zero attached hydrogens (tertiary/aromatic N) is 4. The van der Waals surface area contributed by atoms with Gasteiger partial charge in [-0.3, -0.25) is 9.11 Å². The number of halogens is 2. The maximum atomic E-state index is 15.7. The number of ether oxygens (including phenoxy) is 2. The highest BCUT2D eigenvalue weighted by molar-refractivity contribution is 7.92. The highest BCUT2D eigenvalue weighted by Crippen LogP contribution is 2.38. The van der Waals surface area contributed by atoms with Crippen molar-refractivity contribution in [2.45, 2.75) is 20.3 Å². The SMILES string of the molecule is CCOCC.Nc1ccc(-c2nc(N)c3cc(-c4cccc(NS(=O)(=O)CCCF)c4F)cc(N4CCOCC4)c3n2)cn1. The molecule has 44 heavy (non-hydrogen) atoms. The molecule has 14 heteroatoms. The van der Waals surface area contributed by atoms with Crippen molar-refractivity contribution < 1.29 is 26.7 Å². The monoisotopic (exact) mass is 629 g/mol. The Kier molecular flexibility index (Phi) is 11.2. The van der Waals surface area contributed by atoms with Crippen LogP contribution >= 0.6 is 0 Å². The maximum Gasteiger partial charge on any atom is 0.232 e. The fourth-order valence-electron chi connectivity index (χ4n) is 4.61. The van der Waals surface area contributed by atoms with E-state index in [-0.39, 0.29) is 23.5 Å². The van der Waals surface area contributed by atoms with Crippen LogP contribution in [0.15, 0.2) is 48.7 Å². The molecule has 236 valence electrons. The van der Waals surface area contributed by atoms with Gasteiger partial charge in [-0.2, -0.15) is 0 Å². The van der Waals surface area contributed by atoms with Crippen molar-refractivity contribution in [3.05, 3.63) is 54.5 Å². The van der Waals surface area contributed by atoms with Crippen LogP contribution < -0.4 is 21.1 Å². The molecule has 0 amide bonds. The van der Waals surface area contributed by atoms with Gasteiger partial charge in [0.25, 0.3) is 0 Å². The number of pyridine rings is 1. The van der Waals surface area contributed by atoms with E-state index in [0.29, 0.717) is 65.7 Å². The molecule has 0 radical (unpaired) electrons. The molecule has 5 N–H and O–H groups in total. The summed E-state index contributed by atoms with van der Waals surface area (Å²) in [4.78, 5) is 15.4. The number of anilines is 4. The molecule has 1 fully saturated rings. The lowest BCUT2D eigenvalue weighted by atomic mass is 10.00. The fraction of sp³-hybridized carbons (Fsp3) is 0.367. The molecule has 1 saturated heterocycles. The Morgan fingerprint density at radius 3 is 2.43 bits per heavy atom. The van der Waals surface area contributed by atoms with Gasteiger partial charge in [0.2, 0.25) is 10.0 Å². The highest BCUT2D eigenvalue weighted by Gasteiger charge is 2.22. The molecule has 3 heterocycles. The van der Waals surface area contributed by atoms with Crippen LogP contribution in [0.2, 0.25) is 0 Å². The third-order valence-electron chi connectivity index (χ3n) is 6.74. The fourth-order valence-corrected chi connectivity index (χ4v) is 5.69. The van der Waals surface area contributed by atoms with Gasteiger partial charge in [0.15, 0.2) is 11.6 Å². The van der Waals surface area contributed by atoms with E-state index in [1.54, 1.807) is 42.6 Å². The molecule has 2 aromatic carbocycles. The van der Waals surface area contributed by atoms with E-state index in [2.05, 4.69) is 19.6 Å². The zero-order chi connectivity index (χ0) is 31.7. The summed E-state index contributed by atoms with van der Waals surface area (Å²) in [6, 6.07) is 11.3. The van der Waals surface area contributed by atoms with Gasteiger partial charge in [0, 0.05) is 49.0 Å². The first kappa shape index (κ1) is 32.8. The first-order chi connectivity index (χ1) is 21.2. The quantitative estimate of drug-likeness (QED) is 0.226. The van der Waals surface area contributed by atoms with Crippen molar-refractivity contribution in [1.29, 1.82) is 0 Å². The van der Waals surface area contributed by atoms with E-state index in [1.807, 2.05) is 13.8 Å². The van der Waals surface area contributed by atoms with Crippen LogP contribution in [0.25, 0.3) is 33.4 Å². The minimum atomic E-state index is -3.92. The first-order valence-corrected chi connectivity index (χ1v) is 15.9. The Morgan fingerprint density at radius 1 is 1.05 bits per heavy atom. The van der Waals surface area contributed by atoms with E-state index in [0.717, 1.165) is 13.2 Å². The summed E-state index contributed by atoms with van der Waals surface area (Å²) in [6.07, 6.45) is 1.38. The Hall–Kier alpha value is -4.14. The lowest BCUT2D eigenvalue weighted by molar-refractivity contribution is 0.123. The number of hydrogen-bond donors (Lipinski definition) is 3. The molecule has 2 aromatic heterocycles. The molecular formula is C30H37F2N7O4S. The van der Waals surface area contributed by atoms with Gasteiger partial charge in [-0.25, -0.2) is 27.8 Å². The number of nitrogens with one attached hydrogen (secondary N) is 1. The Morgan fingerprint density at radius 2 is 1.80 bits per heavy atom. The topological polar surface area (TPSA) is 159 Å². The molecule has 1 aliphatic rings. The number of rotatable bonds is 10. The second-order valence-corrected chi connectivity index (χ2v) is 11.6. The minimum Gasteiger partial charge on any atom is -0.384 e. The van der Waals surface area contributed by atoms with Gasteiger partial charge < -0.3 is 25.8 Å². The van der Waals surface area contributed by atoms with Crippen molar-refractivity contribution in [1.82, 2.24) is 15.0 Å². The predicted molar refractivity (Wildman–Crippen MR) is 170 cm³/mol. The summed E-state index contributed by atoms with van der Waals surface area (Å²) in [5.41, 5.74) is 14.4. The van der Waals surface area contributed by atoms with E-state index < -0.39 is 28.3 Å². The van der Waals surface area contributed by atoms with E-state index in [1.165, 1.54) is 6.07 Å². The van der Waals surface area contributed by atoms with Crippen LogP contribution in [0.3, 0.4) is 0 Å². The molecule has 5 rings (SSSR count). The Labute approximate surface area is 255 Å². The maximum absolute atomic E-state index is 15.7. The summed E-state index contributed by atoms with van der Waals surface area (Å²) in [6.45, 7) is 7.05. The van der Waals surface area contributed by atoms with E-state index >= 15 is 4.39 Å². The van der Waals surface area contributed by atoms with Crippen molar-refractivity contribution in [3.63, 3.8) is 0 Å². The molecule has 0 unspecified atom stereocenters. The van der Waals surface area contributed by atoms with Gasteiger partial charge in [-0.15, -0.1) is 0 Å². The van der Waals surface area contributed by atoms with Gasteiger partial charge in [0.1, 0.15) is 11.6 Å². The summed E-state index contributed by atoms with van der Waals surface area (Å²) < 4.78 is 65.4. The van der Waals surface area contributed by atoms with Crippen LogP contribution in [0.5, 0.6) is 0 Å². The van der Waals surface area contributed by atoms with Crippen LogP contribution in [-0.2, 0) is 19.5 Å². The molecule has 11 nitrogen and oxygen atoms in total. The normalized spacial score (nSPS) is 13.4. The number of hydrogen-bond acceptors (Lipinski definition) is 10. The van der Waals surface area contributed by atoms with Crippen molar-refractivity contribution in [3.8, 4) is 22.5 Å². The van der Waals surface area contributed by atoms with E-state index in [9.17, 15) is 12.8 Å². The zero-order valence-corrected chi connectivity index (χ0v) is 25.5. The standard InChI is InChI=1S/C26H27F2N7O3S.C4H10O/c27-7-2-12-39(36,37)34-20-4-1-3-18(23(20)28)17-13-19-24(21(14-17)35-8-10-38-11-9-35)32-26(33-25(19)30)16-5-6-22(29)31-15-16;1-3-5-4-2/h1,3-6,13-15,34H,2,7-12H2,(H2,29,31)(H2,30,32,33);3-4H2,1-2H3. The average Bonchev–Trinajstić information content (AvgIpc) is 3.02. The number of benzene rings is 2. The Balaban J connectivity index is 0.000000818. The third-order valence-corrected chi connectivity index (χ3v) is 8.09. The largest absolute Gasteiger partial charge is 0.384 e. The average molecular weight is 630 g/mol. The highest BCUT2D eigenvalue weighted by atomic mass is 32.2. The smallest absolute Gasteiger partial charge is 0.232 e. The first-order valence-electron chi connectivity index (χ1n) is 14.3. The van der Waals surface area contributed by atoms with Crippen LogP contribution in [-0.4, -0.2) is 75.3 Å². The molecule has 0 atom stereocenters. The third kappa shape index (κ3) is 8.07. The molecular weight excluding hydrogens is 592 g/mol. The predicted octanol–water partition coefficient (Wildman–Crippen LogP) is 4.64. The van der Waals surface area contributed by atoms with Gasteiger partial charge in [-0.1, -0.05) is 12.1 Å². The number of morpholine rings is 1. The molecule has 4 aromatic rings. The number of sulfonamides is 1. The number of nitrogen functional groups attached to an aromatic ring is 2. The van der Waals surface area contributed by atoms with Gasteiger partial charge in [-0.05, 0) is 56.2 Å². The Bertz CT molecular complexity index is 1670. The summed E-state index contributed by atoms with van der Waals surface area (Å²) in [5.74, 6) is -0.306. The lowest BCUT2D eigenvalue weighted by Crippen LogP contribution is -2.36. The summed E-state index contributed by atoms with van der Waals surface area (Å²) in [7, 11) is -3.92. The molecule has 1 aliphatic heterocycles. The summed E-state index contributed by atoms with van der Waals surface area (Å²) >= 11 is 0. The van der Waals surface area contributed by atoms with Gasteiger partial charge >= 0.3 is 0 Å². The summed E-state index contributed by atoms with van der Waals surface area (Å²) in [5, 5.41) is 0.509. The zero-order valence-electron chi connectivity index (χ0n) is 24.7.